The van der Waals surface area contributed by atoms with Gasteiger partial charge in [-0.2, -0.15) is 0 Å². The minimum atomic E-state index is -0.740. The summed E-state index contributed by atoms with van der Waals surface area (Å²) in [5.41, 5.74) is 0.847. The fourth-order valence-electron chi connectivity index (χ4n) is 3.61. The van der Waals surface area contributed by atoms with Gasteiger partial charge in [-0.3, -0.25) is 9.78 Å². The number of aromatic amines is 1. The molecule has 2 aromatic heterocycles. The minimum absolute atomic E-state index is 0.0188. The number of nitrogens with one attached hydrogen (secondary N) is 3. The first kappa shape index (κ1) is 20.4. The number of benzene rings is 1. The van der Waals surface area contributed by atoms with Gasteiger partial charge in [0, 0.05) is 30.9 Å². The zero-order chi connectivity index (χ0) is 20.9. The molecule has 0 saturated carbocycles. The van der Waals surface area contributed by atoms with Gasteiger partial charge in [0.25, 0.3) is 5.56 Å². The lowest BCUT2D eigenvalue weighted by atomic mass is 9.98. The minimum Gasteiger partial charge on any atom is -0.485 e. The second-order valence-corrected chi connectivity index (χ2v) is 7.38. The van der Waals surface area contributed by atoms with Crippen molar-refractivity contribution in [2.75, 3.05) is 19.6 Å². The Morgan fingerprint density at radius 3 is 2.70 bits per heavy atom. The predicted octanol–water partition coefficient (Wildman–Crippen LogP) is 2.26. The third-order valence-electron chi connectivity index (χ3n) is 5.15. The molecule has 3 N–H and O–H groups in total. The van der Waals surface area contributed by atoms with E-state index in [0.29, 0.717) is 29.1 Å². The number of hydrogen-bond donors (Lipinski definition) is 3. The van der Waals surface area contributed by atoms with Gasteiger partial charge in [0.1, 0.15) is 35.3 Å². The van der Waals surface area contributed by atoms with Crippen LogP contribution in [0.25, 0.3) is 10.9 Å². The predicted molar refractivity (Wildman–Crippen MR) is 108 cm³/mol. The van der Waals surface area contributed by atoms with Crippen LogP contribution in [-0.4, -0.2) is 34.6 Å². The van der Waals surface area contributed by atoms with Gasteiger partial charge < -0.3 is 20.4 Å². The van der Waals surface area contributed by atoms with Crippen molar-refractivity contribution in [1.29, 1.82) is 0 Å². The van der Waals surface area contributed by atoms with Crippen molar-refractivity contribution < 1.29 is 13.5 Å². The maximum absolute atomic E-state index is 13.3. The van der Waals surface area contributed by atoms with Gasteiger partial charge in [0.05, 0.1) is 11.1 Å². The van der Waals surface area contributed by atoms with Gasteiger partial charge >= 0.3 is 0 Å². The van der Waals surface area contributed by atoms with Crippen LogP contribution in [0.4, 0.5) is 8.78 Å². The smallest absolute Gasteiger partial charge is 0.258 e. The standard InChI is InChI=1S/C21H23F2N5O2/c22-14-7-15(23)9-16(8-14)30-12-19-27-20-17(21(29)28-19)3-6-26-18(20)11-25-10-13-1-4-24-5-2-13/h3,6-9,13,24-25H,1-2,4-5,10-12H2,(H,27,28,29). The van der Waals surface area contributed by atoms with E-state index in [-0.39, 0.29) is 23.7 Å². The molecule has 1 aliphatic heterocycles. The first-order valence-corrected chi connectivity index (χ1v) is 9.95. The van der Waals surface area contributed by atoms with Crippen molar-refractivity contribution >= 4 is 10.9 Å². The van der Waals surface area contributed by atoms with E-state index in [2.05, 4.69) is 25.6 Å². The molecule has 0 radical (unpaired) electrons. The van der Waals surface area contributed by atoms with Gasteiger partial charge in [-0.05, 0) is 44.5 Å². The second-order valence-electron chi connectivity index (χ2n) is 7.38. The number of fused-ring (bicyclic) bond motifs is 1. The zero-order valence-electron chi connectivity index (χ0n) is 16.4. The van der Waals surface area contributed by atoms with Crippen molar-refractivity contribution in [2.24, 2.45) is 5.92 Å². The molecule has 0 aliphatic carbocycles. The van der Waals surface area contributed by atoms with Crippen molar-refractivity contribution in [3.8, 4) is 5.75 Å². The van der Waals surface area contributed by atoms with E-state index >= 15 is 0 Å². The van der Waals surface area contributed by atoms with Gasteiger partial charge in [-0.15, -0.1) is 0 Å². The van der Waals surface area contributed by atoms with Crippen LogP contribution in [0.15, 0.2) is 35.3 Å². The molecular weight excluding hydrogens is 392 g/mol. The molecule has 7 nitrogen and oxygen atoms in total. The number of halogens is 2. The summed E-state index contributed by atoms with van der Waals surface area (Å²) in [5, 5.41) is 7.20. The van der Waals surface area contributed by atoms with Crippen LogP contribution in [-0.2, 0) is 13.2 Å². The number of pyridine rings is 1. The van der Waals surface area contributed by atoms with E-state index in [0.717, 1.165) is 50.7 Å². The summed E-state index contributed by atoms with van der Waals surface area (Å²) in [6, 6.07) is 4.52. The van der Waals surface area contributed by atoms with E-state index in [1.54, 1.807) is 12.3 Å². The molecule has 4 rings (SSSR count). The quantitative estimate of drug-likeness (QED) is 0.548. The molecular formula is C21H23F2N5O2. The molecule has 3 aromatic rings. The SMILES string of the molecule is O=c1[nH]c(COc2cc(F)cc(F)c2)nc2c(CNCC3CCNCC3)nccc12. The maximum atomic E-state index is 13.3. The third kappa shape index (κ3) is 4.98. The molecule has 0 bridgehead atoms. The first-order chi connectivity index (χ1) is 14.6. The van der Waals surface area contributed by atoms with E-state index in [4.69, 9.17) is 4.74 Å². The van der Waals surface area contributed by atoms with Gasteiger partial charge in [0.2, 0.25) is 0 Å². The summed E-state index contributed by atoms with van der Waals surface area (Å²) < 4.78 is 32.0. The second kappa shape index (κ2) is 9.27. The topological polar surface area (TPSA) is 91.9 Å². The van der Waals surface area contributed by atoms with Crippen molar-refractivity contribution in [3.05, 3.63) is 64.0 Å². The Morgan fingerprint density at radius 1 is 1.17 bits per heavy atom. The highest BCUT2D eigenvalue weighted by molar-refractivity contribution is 5.79. The summed E-state index contributed by atoms with van der Waals surface area (Å²) in [6.07, 6.45) is 3.86. The van der Waals surface area contributed by atoms with Crippen LogP contribution >= 0.6 is 0 Å². The number of aromatic nitrogens is 3. The molecule has 9 heteroatoms. The molecule has 3 heterocycles. The van der Waals surface area contributed by atoms with Gasteiger partial charge in [-0.25, -0.2) is 13.8 Å². The Labute approximate surface area is 171 Å². The van der Waals surface area contributed by atoms with Crippen LogP contribution in [0.2, 0.25) is 0 Å². The average Bonchev–Trinajstić information content (AvgIpc) is 2.73. The van der Waals surface area contributed by atoms with Gasteiger partial charge in [0.15, 0.2) is 0 Å². The van der Waals surface area contributed by atoms with Crippen molar-refractivity contribution in [3.63, 3.8) is 0 Å². The van der Waals surface area contributed by atoms with E-state index in [1.807, 2.05) is 0 Å². The number of ether oxygens (including phenoxy) is 1. The van der Waals surface area contributed by atoms with Crippen LogP contribution in [0, 0.1) is 17.6 Å². The van der Waals surface area contributed by atoms with Crippen LogP contribution in [0.1, 0.15) is 24.4 Å². The molecule has 0 unspecified atom stereocenters. The highest BCUT2D eigenvalue weighted by Crippen LogP contribution is 2.17. The normalized spacial score (nSPS) is 14.9. The molecule has 30 heavy (non-hydrogen) atoms. The largest absolute Gasteiger partial charge is 0.485 e. The lowest BCUT2D eigenvalue weighted by molar-refractivity contribution is 0.292. The zero-order valence-corrected chi connectivity index (χ0v) is 16.4. The molecule has 1 aromatic carbocycles. The summed E-state index contributed by atoms with van der Waals surface area (Å²) in [4.78, 5) is 24.0. The average molecular weight is 415 g/mol. The van der Waals surface area contributed by atoms with Crippen molar-refractivity contribution in [2.45, 2.75) is 26.0 Å². The third-order valence-corrected chi connectivity index (χ3v) is 5.15. The number of rotatable bonds is 7. The lowest BCUT2D eigenvalue weighted by Crippen LogP contribution is -2.33. The Hall–Kier alpha value is -2.91. The lowest BCUT2D eigenvalue weighted by Gasteiger charge is -2.22. The summed E-state index contributed by atoms with van der Waals surface area (Å²) in [6.45, 7) is 3.31. The summed E-state index contributed by atoms with van der Waals surface area (Å²) in [5.74, 6) is -0.587. The Kier molecular flexibility index (Phi) is 6.29. The summed E-state index contributed by atoms with van der Waals surface area (Å²) in [7, 11) is 0. The molecule has 1 fully saturated rings. The Balaban J connectivity index is 1.49. The Bertz CT molecular complexity index is 1060. The molecule has 0 atom stereocenters. The van der Waals surface area contributed by atoms with Crippen molar-refractivity contribution in [1.82, 2.24) is 25.6 Å². The molecule has 0 spiro atoms. The highest BCUT2D eigenvalue weighted by Gasteiger charge is 2.14. The number of nitrogens with zero attached hydrogens (tertiary/aromatic N) is 2. The molecule has 1 saturated heterocycles. The first-order valence-electron chi connectivity index (χ1n) is 9.95. The summed E-state index contributed by atoms with van der Waals surface area (Å²) >= 11 is 0. The number of H-pyrrole nitrogens is 1. The van der Waals surface area contributed by atoms with Crippen LogP contribution in [0.5, 0.6) is 5.75 Å². The fraction of sp³-hybridized carbons (Fsp3) is 0.381. The molecule has 158 valence electrons. The fourth-order valence-corrected chi connectivity index (χ4v) is 3.61. The molecule has 1 aliphatic rings. The van der Waals surface area contributed by atoms with E-state index < -0.39 is 11.6 Å². The monoisotopic (exact) mass is 415 g/mol. The number of hydrogen-bond acceptors (Lipinski definition) is 6. The molecule has 0 amide bonds. The van der Waals surface area contributed by atoms with Crippen LogP contribution in [0.3, 0.4) is 0 Å². The van der Waals surface area contributed by atoms with Gasteiger partial charge in [-0.1, -0.05) is 0 Å². The van der Waals surface area contributed by atoms with E-state index in [1.165, 1.54) is 0 Å². The maximum Gasteiger partial charge on any atom is 0.258 e. The number of piperidine rings is 1. The van der Waals surface area contributed by atoms with E-state index in [9.17, 15) is 13.6 Å². The van der Waals surface area contributed by atoms with Crippen LogP contribution < -0.4 is 20.9 Å². The Morgan fingerprint density at radius 2 is 1.93 bits per heavy atom. The highest BCUT2D eigenvalue weighted by atomic mass is 19.1.